The van der Waals surface area contributed by atoms with E-state index in [0.717, 1.165) is 31.7 Å². The van der Waals surface area contributed by atoms with Gasteiger partial charge in [0.1, 0.15) is 5.75 Å². The van der Waals surface area contributed by atoms with Crippen LogP contribution in [0.5, 0.6) is 5.75 Å². The summed E-state index contributed by atoms with van der Waals surface area (Å²) in [5, 5.41) is 3.32. The Morgan fingerprint density at radius 1 is 1.29 bits per heavy atom. The highest BCUT2D eigenvalue weighted by atomic mass is 16.5. The van der Waals surface area contributed by atoms with E-state index in [1.54, 1.807) is 0 Å². The number of aryl methyl sites for hydroxylation is 2. The third-order valence-corrected chi connectivity index (χ3v) is 4.31. The molecule has 4 nitrogen and oxygen atoms in total. The third kappa shape index (κ3) is 4.46. The van der Waals surface area contributed by atoms with Gasteiger partial charge < -0.3 is 15.0 Å². The minimum absolute atomic E-state index is 0.172. The van der Waals surface area contributed by atoms with Crippen LogP contribution in [-0.4, -0.2) is 43.6 Å². The van der Waals surface area contributed by atoms with Gasteiger partial charge in [-0.25, -0.2) is 0 Å². The summed E-state index contributed by atoms with van der Waals surface area (Å²) < 4.78 is 5.69. The van der Waals surface area contributed by atoms with Crippen LogP contribution >= 0.6 is 0 Å². The van der Waals surface area contributed by atoms with E-state index in [4.69, 9.17) is 4.74 Å². The molecular weight excluding hydrogens is 264 g/mol. The summed E-state index contributed by atoms with van der Waals surface area (Å²) >= 11 is 0. The SMILES string of the molecule is Cc1ccc(OCCC(=O)N(C)C2CCNCC2)cc1C. The topological polar surface area (TPSA) is 41.6 Å². The summed E-state index contributed by atoms with van der Waals surface area (Å²) in [5.41, 5.74) is 2.47. The summed E-state index contributed by atoms with van der Waals surface area (Å²) in [5.74, 6) is 1.01. The highest BCUT2D eigenvalue weighted by Crippen LogP contribution is 2.17. The minimum atomic E-state index is 0.172. The first-order valence-electron chi connectivity index (χ1n) is 7.74. The maximum absolute atomic E-state index is 12.2. The van der Waals surface area contributed by atoms with Crippen molar-refractivity contribution in [1.29, 1.82) is 0 Å². The lowest BCUT2D eigenvalue weighted by Gasteiger charge is -2.31. The van der Waals surface area contributed by atoms with Crippen molar-refractivity contribution in [1.82, 2.24) is 10.2 Å². The normalized spacial score (nSPS) is 15.8. The molecule has 2 rings (SSSR count). The van der Waals surface area contributed by atoms with Crippen molar-refractivity contribution < 1.29 is 9.53 Å². The Morgan fingerprint density at radius 2 is 2.00 bits per heavy atom. The van der Waals surface area contributed by atoms with Gasteiger partial charge in [-0.1, -0.05) is 6.07 Å². The zero-order chi connectivity index (χ0) is 15.2. The highest BCUT2D eigenvalue weighted by Gasteiger charge is 2.21. The minimum Gasteiger partial charge on any atom is -0.493 e. The standard InChI is InChI=1S/C17H26N2O2/c1-13-4-5-16(12-14(13)2)21-11-8-17(20)19(3)15-6-9-18-10-7-15/h4-5,12,15,18H,6-11H2,1-3H3. The van der Waals surface area contributed by atoms with Gasteiger partial charge in [-0.05, 0) is 63.0 Å². The molecule has 0 bridgehead atoms. The molecule has 1 aromatic rings. The molecule has 0 saturated carbocycles. The van der Waals surface area contributed by atoms with Crippen molar-refractivity contribution in [2.45, 2.75) is 39.2 Å². The first-order chi connectivity index (χ1) is 10.1. The molecule has 1 N–H and O–H groups in total. The molecule has 0 radical (unpaired) electrons. The molecule has 0 aliphatic carbocycles. The summed E-state index contributed by atoms with van der Waals surface area (Å²) in [6.45, 7) is 6.59. The Morgan fingerprint density at radius 3 is 2.67 bits per heavy atom. The molecule has 1 aromatic carbocycles. The van der Waals surface area contributed by atoms with Crippen molar-refractivity contribution in [3.8, 4) is 5.75 Å². The monoisotopic (exact) mass is 290 g/mol. The van der Waals surface area contributed by atoms with Gasteiger partial charge in [0.05, 0.1) is 13.0 Å². The summed E-state index contributed by atoms with van der Waals surface area (Å²) in [6.07, 6.45) is 2.52. The van der Waals surface area contributed by atoms with E-state index in [-0.39, 0.29) is 5.91 Å². The molecular formula is C17H26N2O2. The Labute approximate surface area is 127 Å². The average Bonchev–Trinajstić information content (AvgIpc) is 2.51. The maximum Gasteiger partial charge on any atom is 0.225 e. The van der Waals surface area contributed by atoms with Gasteiger partial charge in [0.25, 0.3) is 0 Å². The average molecular weight is 290 g/mol. The van der Waals surface area contributed by atoms with Crippen LogP contribution in [0, 0.1) is 13.8 Å². The van der Waals surface area contributed by atoms with E-state index >= 15 is 0 Å². The smallest absolute Gasteiger partial charge is 0.225 e. The van der Waals surface area contributed by atoms with Crippen LogP contribution < -0.4 is 10.1 Å². The molecule has 1 heterocycles. The lowest BCUT2D eigenvalue weighted by molar-refractivity contribution is -0.132. The number of carbonyl (C=O) groups excluding carboxylic acids is 1. The number of benzene rings is 1. The first-order valence-corrected chi connectivity index (χ1v) is 7.74. The van der Waals surface area contributed by atoms with E-state index in [1.807, 2.05) is 30.1 Å². The lowest BCUT2D eigenvalue weighted by Crippen LogP contribution is -2.44. The molecule has 0 spiro atoms. The number of nitrogens with zero attached hydrogens (tertiary/aromatic N) is 1. The third-order valence-electron chi connectivity index (χ3n) is 4.31. The number of ether oxygens (including phenoxy) is 1. The lowest BCUT2D eigenvalue weighted by atomic mass is 10.1. The summed E-state index contributed by atoms with van der Waals surface area (Å²) in [6, 6.07) is 6.41. The van der Waals surface area contributed by atoms with E-state index in [2.05, 4.69) is 19.2 Å². The Kier molecular flexibility index (Phi) is 5.62. The van der Waals surface area contributed by atoms with Crippen molar-refractivity contribution in [2.24, 2.45) is 0 Å². The second kappa shape index (κ2) is 7.46. The number of amides is 1. The van der Waals surface area contributed by atoms with Crippen LogP contribution in [0.25, 0.3) is 0 Å². The zero-order valence-corrected chi connectivity index (χ0v) is 13.3. The second-order valence-corrected chi connectivity index (χ2v) is 5.83. The fourth-order valence-electron chi connectivity index (χ4n) is 2.63. The summed E-state index contributed by atoms with van der Waals surface area (Å²) in [4.78, 5) is 14.1. The van der Waals surface area contributed by atoms with Gasteiger partial charge in [0, 0.05) is 13.1 Å². The van der Waals surface area contributed by atoms with Crippen molar-refractivity contribution in [3.05, 3.63) is 29.3 Å². The van der Waals surface area contributed by atoms with Crippen LogP contribution in [0.1, 0.15) is 30.4 Å². The number of piperidine rings is 1. The van der Waals surface area contributed by atoms with E-state index in [1.165, 1.54) is 11.1 Å². The zero-order valence-electron chi connectivity index (χ0n) is 13.3. The quantitative estimate of drug-likeness (QED) is 0.904. The van der Waals surface area contributed by atoms with Gasteiger partial charge in [-0.2, -0.15) is 0 Å². The number of nitrogens with one attached hydrogen (secondary N) is 1. The molecule has 21 heavy (non-hydrogen) atoms. The van der Waals surface area contributed by atoms with Crippen molar-refractivity contribution in [3.63, 3.8) is 0 Å². The molecule has 1 aliphatic rings. The van der Waals surface area contributed by atoms with Crippen LogP contribution in [0.2, 0.25) is 0 Å². The number of hydrogen-bond acceptors (Lipinski definition) is 3. The maximum atomic E-state index is 12.2. The fourth-order valence-corrected chi connectivity index (χ4v) is 2.63. The molecule has 116 valence electrons. The largest absolute Gasteiger partial charge is 0.493 e. The predicted octanol–water partition coefficient (Wildman–Crippen LogP) is 2.28. The van der Waals surface area contributed by atoms with Gasteiger partial charge >= 0.3 is 0 Å². The van der Waals surface area contributed by atoms with Crippen LogP contribution in [0.15, 0.2) is 18.2 Å². The number of hydrogen-bond donors (Lipinski definition) is 1. The molecule has 1 fully saturated rings. The first kappa shape index (κ1) is 15.8. The Hall–Kier alpha value is -1.55. The molecule has 1 aliphatic heterocycles. The van der Waals surface area contributed by atoms with Crippen molar-refractivity contribution >= 4 is 5.91 Å². The molecule has 4 heteroatoms. The molecule has 0 atom stereocenters. The molecule has 1 amide bonds. The second-order valence-electron chi connectivity index (χ2n) is 5.83. The van der Waals surface area contributed by atoms with Gasteiger partial charge in [0.2, 0.25) is 5.91 Å². The van der Waals surface area contributed by atoms with Gasteiger partial charge in [-0.15, -0.1) is 0 Å². The molecule has 0 aromatic heterocycles. The summed E-state index contributed by atoms with van der Waals surface area (Å²) in [7, 11) is 1.91. The van der Waals surface area contributed by atoms with E-state index in [9.17, 15) is 4.79 Å². The Bertz CT molecular complexity index is 482. The molecule has 1 saturated heterocycles. The van der Waals surface area contributed by atoms with Gasteiger partial charge in [0.15, 0.2) is 0 Å². The van der Waals surface area contributed by atoms with E-state index in [0.29, 0.717) is 19.1 Å². The van der Waals surface area contributed by atoms with Crippen LogP contribution in [0.4, 0.5) is 0 Å². The number of rotatable bonds is 5. The Balaban J connectivity index is 1.76. The van der Waals surface area contributed by atoms with Gasteiger partial charge in [-0.3, -0.25) is 4.79 Å². The predicted molar refractivity (Wildman–Crippen MR) is 84.7 cm³/mol. The van der Waals surface area contributed by atoms with E-state index < -0.39 is 0 Å². The fraction of sp³-hybridized carbons (Fsp3) is 0.588. The van der Waals surface area contributed by atoms with Crippen molar-refractivity contribution in [2.75, 3.05) is 26.7 Å². The highest BCUT2D eigenvalue weighted by molar-refractivity contribution is 5.76. The molecule has 0 unspecified atom stereocenters. The van der Waals surface area contributed by atoms with Crippen LogP contribution in [0.3, 0.4) is 0 Å². The number of carbonyl (C=O) groups is 1. The van der Waals surface area contributed by atoms with Crippen LogP contribution in [-0.2, 0) is 4.79 Å².